The van der Waals surface area contributed by atoms with Gasteiger partial charge in [0, 0.05) is 18.2 Å². The molecule has 0 unspecified atom stereocenters. The van der Waals surface area contributed by atoms with E-state index in [1.54, 1.807) is 6.07 Å². The first-order valence-electron chi connectivity index (χ1n) is 7.68. The SMILES string of the molecule is C[C@H]1CCCC[C@H]1NC(=O)/C(C#N)=C/c1cccc([N+](=O)[O-])c1. The highest BCUT2D eigenvalue weighted by molar-refractivity contribution is 6.01. The monoisotopic (exact) mass is 313 g/mol. The van der Waals surface area contributed by atoms with E-state index in [1.807, 2.05) is 6.07 Å². The van der Waals surface area contributed by atoms with Crippen molar-refractivity contribution in [3.63, 3.8) is 0 Å². The third kappa shape index (κ3) is 4.39. The Morgan fingerprint density at radius 3 is 2.83 bits per heavy atom. The topological polar surface area (TPSA) is 96.0 Å². The number of benzene rings is 1. The van der Waals surface area contributed by atoms with Crippen molar-refractivity contribution < 1.29 is 9.72 Å². The zero-order chi connectivity index (χ0) is 16.8. The number of nitriles is 1. The molecule has 1 aromatic rings. The molecule has 1 N–H and O–H groups in total. The summed E-state index contributed by atoms with van der Waals surface area (Å²) in [7, 11) is 0. The van der Waals surface area contributed by atoms with Crippen molar-refractivity contribution in [3.8, 4) is 6.07 Å². The standard InChI is InChI=1S/C17H19N3O3/c1-12-5-2-3-8-16(12)19-17(21)14(11-18)9-13-6-4-7-15(10-13)20(22)23/h4,6-7,9-10,12,16H,2-3,5,8H2,1H3,(H,19,21)/b14-9+/t12-,16+/m0/s1. The number of nitrogens with zero attached hydrogens (tertiary/aromatic N) is 2. The lowest BCUT2D eigenvalue weighted by molar-refractivity contribution is -0.384. The van der Waals surface area contributed by atoms with E-state index in [0.29, 0.717) is 11.5 Å². The second-order valence-electron chi connectivity index (χ2n) is 5.86. The predicted octanol–water partition coefficient (Wildman–Crippen LogP) is 3.20. The Labute approximate surface area is 135 Å². The summed E-state index contributed by atoms with van der Waals surface area (Å²) in [4.78, 5) is 22.6. The number of nitro benzene ring substituents is 1. The minimum absolute atomic E-state index is 0.0386. The minimum Gasteiger partial charge on any atom is -0.348 e. The molecule has 1 saturated carbocycles. The first-order valence-corrected chi connectivity index (χ1v) is 7.68. The maximum atomic E-state index is 12.3. The van der Waals surface area contributed by atoms with E-state index in [9.17, 15) is 20.2 Å². The van der Waals surface area contributed by atoms with Crippen LogP contribution in [0.2, 0.25) is 0 Å². The van der Waals surface area contributed by atoms with Gasteiger partial charge >= 0.3 is 0 Å². The van der Waals surface area contributed by atoms with Crippen molar-refractivity contribution >= 4 is 17.7 Å². The number of amides is 1. The largest absolute Gasteiger partial charge is 0.348 e. The summed E-state index contributed by atoms with van der Waals surface area (Å²) < 4.78 is 0. The Kier molecular flexibility index (Phi) is 5.47. The average molecular weight is 313 g/mol. The molecule has 0 radical (unpaired) electrons. The van der Waals surface area contributed by atoms with Crippen molar-refractivity contribution in [2.45, 2.75) is 38.6 Å². The van der Waals surface area contributed by atoms with Gasteiger partial charge in [-0.2, -0.15) is 5.26 Å². The first kappa shape index (κ1) is 16.7. The molecule has 1 aliphatic rings. The fourth-order valence-electron chi connectivity index (χ4n) is 2.82. The van der Waals surface area contributed by atoms with Crippen molar-refractivity contribution in [2.24, 2.45) is 5.92 Å². The van der Waals surface area contributed by atoms with Crippen LogP contribution in [-0.2, 0) is 4.79 Å². The summed E-state index contributed by atoms with van der Waals surface area (Å²) in [5.74, 6) is -0.0248. The number of non-ortho nitro benzene ring substituents is 1. The molecule has 0 aromatic heterocycles. The molecule has 1 fully saturated rings. The molecular formula is C17H19N3O3. The van der Waals surface area contributed by atoms with Crippen LogP contribution in [0.15, 0.2) is 29.8 Å². The zero-order valence-corrected chi connectivity index (χ0v) is 13.0. The van der Waals surface area contributed by atoms with Crippen LogP contribution >= 0.6 is 0 Å². The molecule has 120 valence electrons. The van der Waals surface area contributed by atoms with Gasteiger partial charge in [-0.05, 0) is 30.4 Å². The maximum absolute atomic E-state index is 12.3. The number of carbonyl (C=O) groups excluding carboxylic acids is 1. The van der Waals surface area contributed by atoms with Gasteiger partial charge in [0.2, 0.25) is 0 Å². The van der Waals surface area contributed by atoms with E-state index in [-0.39, 0.29) is 17.3 Å². The van der Waals surface area contributed by atoms with Crippen LogP contribution in [0.25, 0.3) is 6.08 Å². The van der Waals surface area contributed by atoms with Gasteiger partial charge in [-0.15, -0.1) is 0 Å². The van der Waals surface area contributed by atoms with Crippen LogP contribution in [0.4, 0.5) is 5.69 Å². The Balaban J connectivity index is 2.15. The molecule has 6 nitrogen and oxygen atoms in total. The molecule has 1 aliphatic carbocycles. The second-order valence-corrected chi connectivity index (χ2v) is 5.86. The van der Waals surface area contributed by atoms with Crippen LogP contribution in [0, 0.1) is 27.4 Å². The van der Waals surface area contributed by atoms with E-state index >= 15 is 0 Å². The van der Waals surface area contributed by atoms with Crippen LogP contribution in [0.3, 0.4) is 0 Å². The van der Waals surface area contributed by atoms with Gasteiger partial charge in [0.05, 0.1) is 4.92 Å². The van der Waals surface area contributed by atoms with Crippen LogP contribution in [-0.4, -0.2) is 16.9 Å². The molecule has 0 heterocycles. The van der Waals surface area contributed by atoms with Gasteiger partial charge in [0.15, 0.2) is 0 Å². The third-order valence-electron chi connectivity index (χ3n) is 4.19. The predicted molar refractivity (Wildman–Crippen MR) is 86.2 cm³/mol. The van der Waals surface area contributed by atoms with Gasteiger partial charge in [-0.1, -0.05) is 31.9 Å². The molecule has 1 aromatic carbocycles. The van der Waals surface area contributed by atoms with Gasteiger partial charge in [-0.3, -0.25) is 14.9 Å². The van der Waals surface area contributed by atoms with Crippen molar-refractivity contribution in [2.75, 3.05) is 0 Å². The van der Waals surface area contributed by atoms with Gasteiger partial charge in [0.25, 0.3) is 11.6 Å². The zero-order valence-electron chi connectivity index (χ0n) is 13.0. The summed E-state index contributed by atoms with van der Waals surface area (Å²) in [5, 5.41) is 22.9. The highest BCUT2D eigenvalue weighted by atomic mass is 16.6. The van der Waals surface area contributed by atoms with E-state index < -0.39 is 10.8 Å². The highest BCUT2D eigenvalue weighted by Gasteiger charge is 2.24. The summed E-state index contributed by atoms with van der Waals surface area (Å²) in [6.45, 7) is 2.10. The molecule has 1 amide bonds. The fourth-order valence-corrected chi connectivity index (χ4v) is 2.82. The van der Waals surface area contributed by atoms with E-state index in [4.69, 9.17) is 0 Å². The number of carbonyl (C=O) groups is 1. The molecule has 6 heteroatoms. The lowest BCUT2D eigenvalue weighted by Gasteiger charge is -2.29. The Bertz CT molecular complexity index is 676. The number of nitrogens with one attached hydrogen (secondary N) is 1. The van der Waals surface area contributed by atoms with Crippen LogP contribution in [0.1, 0.15) is 38.2 Å². The quantitative estimate of drug-likeness (QED) is 0.399. The number of nitro groups is 1. The molecular weight excluding hydrogens is 294 g/mol. The summed E-state index contributed by atoms with van der Waals surface area (Å²) in [5.41, 5.74) is 0.350. The second kappa shape index (κ2) is 7.54. The van der Waals surface area contributed by atoms with E-state index in [0.717, 1.165) is 19.3 Å². The van der Waals surface area contributed by atoms with E-state index in [1.165, 1.54) is 30.7 Å². The smallest absolute Gasteiger partial charge is 0.270 e. The molecule has 0 bridgehead atoms. The minimum atomic E-state index is -0.507. The molecule has 0 saturated heterocycles. The number of hydrogen-bond donors (Lipinski definition) is 1. The highest BCUT2D eigenvalue weighted by Crippen LogP contribution is 2.24. The molecule has 2 rings (SSSR count). The maximum Gasteiger partial charge on any atom is 0.270 e. The lowest BCUT2D eigenvalue weighted by atomic mass is 9.86. The summed E-state index contributed by atoms with van der Waals surface area (Å²) >= 11 is 0. The van der Waals surface area contributed by atoms with Crippen molar-refractivity contribution in [3.05, 3.63) is 45.5 Å². The van der Waals surface area contributed by atoms with Gasteiger partial charge in [0.1, 0.15) is 11.6 Å². The first-order chi connectivity index (χ1) is 11.0. The fraction of sp³-hybridized carbons (Fsp3) is 0.412. The summed E-state index contributed by atoms with van der Waals surface area (Å²) in [6, 6.07) is 7.83. The third-order valence-corrected chi connectivity index (χ3v) is 4.19. The Morgan fingerprint density at radius 2 is 2.17 bits per heavy atom. The molecule has 23 heavy (non-hydrogen) atoms. The molecule has 2 atom stereocenters. The van der Waals surface area contributed by atoms with Gasteiger partial charge in [-0.25, -0.2) is 0 Å². The molecule has 0 aliphatic heterocycles. The Hall–Kier alpha value is -2.68. The number of hydrogen-bond acceptors (Lipinski definition) is 4. The van der Waals surface area contributed by atoms with Crippen LogP contribution < -0.4 is 5.32 Å². The van der Waals surface area contributed by atoms with Crippen molar-refractivity contribution in [1.29, 1.82) is 5.26 Å². The average Bonchev–Trinajstić information content (AvgIpc) is 2.55. The lowest BCUT2D eigenvalue weighted by Crippen LogP contribution is -2.41. The molecule has 0 spiro atoms. The summed E-state index contributed by atoms with van der Waals surface area (Å²) in [6.07, 6.45) is 5.62. The van der Waals surface area contributed by atoms with Crippen LogP contribution in [0.5, 0.6) is 0 Å². The normalized spacial score (nSPS) is 21.3. The van der Waals surface area contributed by atoms with Crippen molar-refractivity contribution in [1.82, 2.24) is 5.32 Å². The number of rotatable bonds is 4. The van der Waals surface area contributed by atoms with Gasteiger partial charge < -0.3 is 5.32 Å². The van der Waals surface area contributed by atoms with E-state index in [2.05, 4.69) is 12.2 Å². The Morgan fingerprint density at radius 1 is 1.43 bits per heavy atom.